The minimum atomic E-state index is -3.90. The Balaban J connectivity index is 1.73. The molecule has 146 valence electrons. The summed E-state index contributed by atoms with van der Waals surface area (Å²) < 4.78 is 22.8. The topological polar surface area (TPSA) is 130 Å². The van der Waals surface area contributed by atoms with Crippen molar-refractivity contribution in [1.29, 1.82) is 0 Å². The lowest BCUT2D eigenvalue weighted by atomic mass is 9.81. The summed E-state index contributed by atoms with van der Waals surface area (Å²) in [6.07, 6.45) is 3.95. The molecule has 4 amide bonds. The first-order valence-electron chi connectivity index (χ1n) is 8.68. The molecule has 1 aliphatic heterocycles. The summed E-state index contributed by atoms with van der Waals surface area (Å²) in [7, 11) is -2.31. The van der Waals surface area contributed by atoms with Gasteiger partial charge < -0.3 is 10.2 Å². The summed E-state index contributed by atoms with van der Waals surface area (Å²) in [5.41, 5.74) is -0.630. The maximum Gasteiger partial charge on any atom is 0.327 e. The molecule has 1 aliphatic carbocycles. The molecule has 9 nitrogen and oxygen atoms in total. The van der Waals surface area contributed by atoms with E-state index in [-0.39, 0.29) is 16.5 Å². The molecule has 0 aromatic heterocycles. The number of anilines is 1. The predicted molar refractivity (Wildman–Crippen MR) is 97.1 cm³/mol. The maximum absolute atomic E-state index is 12.9. The van der Waals surface area contributed by atoms with Crippen LogP contribution < -0.4 is 10.5 Å². The number of nitrogens with one attached hydrogen (secondary N) is 1. The number of nitrogens with two attached hydrogens (primary N) is 1. The molecule has 27 heavy (non-hydrogen) atoms. The fraction of sp³-hybridized carbons (Fsp3) is 0.471. The number of carbonyl (C=O) groups excluding carboxylic acids is 3. The summed E-state index contributed by atoms with van der Waals surface area (Å²) in [5, 5.41) is 7.58. The highest BCUT2D eigenvalue weighted by Gasteiger charge is 2.55. The quantitative estimate of drug-likeness (QED) is 0.732. The minimum absolute atomic E-state index is 0.144. The first-order valence-corrected chi connectivity index (χ1v) is 10.2. The first kappa shape index (κ1) is 19.3. The largest absolute Gasteiger partial charge is 0.327 e. The summed E-state index contributed by atoms with van der Waals surface area (Å²) >= 11 is 0. The lowest BCUT2D eigenvalue weighted by molar-refractivity contribution is -0.136. The second kappa shape index (κ2) is 6.93. The highest BCUT2D eigenvalue weighted by atomic mass is 32.2. The molecule has 2 fully saturated rings. The molecule has 0 radical (unpaired) electrons. The monoisotopic (exact) mass is 394 g/mol. The van der Waals surface area contributed by atoms with Gasteiger partial charge in [-0.1, -0.05) is 25.3 Å². The van der Waals surface area contributed by atoms with Crippen LogP contribution in [0.4, 0.5) is 10.5 Å². The van der Waals surface area contributed by atoms with Crippen molar-refractivity contribution in [2.45, 2.75) is 42.5 Å². The molecule has 0 bridgehead atoms. The van der Waals surface area contributed by atoms with Crippen molar-refractivity contribution < 1.29 is 22.8 Å². The molecule has 1 saturated heterocycles. The maximum atomic E-state index is 12.9. The predicted octanol–water partition coefficient (Wildman–Crippen LogP) is 0.869. The van der Waals surface area contributed by atoms with Gasteiger partial charge in [-0.15, -0.1) is 0 Å². The van der Waals surface area contributed by atoms with Crippen LogP contribution in [0.2, 0.25) is 0 Å². The third-order valence-corrected chi connectivity index (χ3v) is 6.14. The van der Waals surface area contributed by atoms with Crippen molar-refractivity contribution in [3.8, 4) is 0 Å². The number of imide groups is 1. The summed E-state index contributed by atoms with van der Waals surface area (Å²) in [5.74, 6) is -0.937. The van der Waals surface area contributed by atoms with E-state index in [0.717, 1.165) is 24.2 Å². The second-order valence-corrected chi connectivity index (χ2v) is 8.51. The molecule has 1 spiro atoms. The Kier molecular flexibility index (Phi) is 4.96. The van der Waals surface area contributed by atoms with Gasteiger partial charge in [0, 0.05) is 12.7 Å². The van der Waals surface area contributed by atoms with E-state index in [1.165, 1.54) is 29.2 Å². The molecular formula is C17H22N4O5S. The zero-order valence-corrected chi connectivity index (χ0v) is 15.8. The zero-order valence-electron chi connectivity index (χ0n) is 15.0. The van der Waals surface area contributed by atoms with Crippen LogP contribution in [0.3, 0.4) is 0 Å². The number of sulfonamides is 1. The normalized spacial score (nSPS) is 19.6. The highest BCUT2D eigenvalue weighted by molar-refractivity contribution is 7.89. The van der Waals surface area contributed by atoms with Crippen molar-refractivity contribution in [3.05, 3.63) is 24.3 Å². The van der Waals surface area contributed by atoms with E-state index in [2.05, 4.69) is 5.32 Å². The number of urea groups is 1. The molecule has 0 unspecified atom stereocenters. The van der Waals surface area contributed by atoms with Crippen LogP contribution >= 0.6 is 0 Å². The van der Waals surface area contributed by atoms with Crippen LogP contribution in [0, 0.1) is 0 Å². The van der Waals surface area contributed by atoms with E-state index in [4.69, 9.17) is 5.14 Å². The SMILES string of the molecule is CN1C(=O)N(CC(=O)Nc2cccc(S(N)(=O)=O)c2)C(=O)C12CCCCC2. The van der Waals surface area contributed by atoms with Gasteiger partial charge in [0.25, 0.3) is 5.91 Å². The first-order chi connectivity index (χ1) is 12.6. The number of benzene rings is 1. The molecular weight excluding hydrogens is 372 g/mol. The molecule has 3 rings (SSSR count). The van der Waals surface area contributed by atoms with Crippen LogP contribution in [0.25, 0.3) is 0 Å². The zero-order chi connectivity index (χ0) is 19.8. The second-order valence-electron chi connectivity index (χ2n) is 6.95. The Labute approximate surface area is 157 Å². The van der Waals surface area contributed by atoms with Gasteiger partial charge in [-0.05, 0) is 31.0 Å². The molecule has 3 N–H and O–H groups in total. The molecule has 0 atom stereocenters. The van der Waals surface area contributed by atoms with Crippen molar-refractivity contribution in [3.63, 3.8) is 0 Å². The summed E-state index contributed by atoms with van der Waals surface area (Å²) in [4.78, 5) is 40.0. The van der Waals surface area contributed by atoms with Gasteiger partial charge in [-0.25, -0.2) is 18.4 Å². The third-order valence-electron chi connectivity index (χ3n) is 5.23. The smallest absolute Gasteiger partial charge is 0.324 e. The van der Waals surface area contributed by atoms with Gasteiger partial charge in [0.05, 0.1) is 4.90 Å². The molecule has 10 heteroatoms. The van der Waals surface area contributed by atoms with Crippen LogP contribution in [0.15, 0.2) is 29.2 Å². The minimum Gasteiger partial charge on any atom is -0.324 e. The van der Waals surface area contributed by atoms with Crippen molar-refractivity contribution >= 4 is 33.6 Å². The van der Waals surface area contributed by atoms with Gasteiger partial charge in [0.1, 0.15) is 12.1 Å². The Morgan fingerprint density at radius 2 is 1.89 bits per heavy atom. The van der Waals surface area contributed by atoms with Crippen LogP contribution in [-0.4, -0.2) is 55.2 Å². The van der Waals surface area contributed by atoms with E-state index in [9.17, 15) is 22.8 Å². The Bertz CT molecular complexity index is 892. The van der Waals surface area contributed by atoms with Gasteiger partial charge in [0.15, 0.2) is 0 Å². The highest BCUT2D eigenvalue weighted by Crippen LogP contribution is 2.39. The molecule has 1 heterocycles. The fourth-order valence-corrected chi connectivity index (χ4v) is 4.33. The Morgan fingerprint density at radius 3 is 2.52 bits per heavy atom. The van der Waals surface area contributed by atoms with Gasteiger partial charge in [-0.2, -0.15) is 0 Å². The fourth-order valence-electron chi connectivity index (χ4n) is 3.77. The third kappa shape index (κ3) is 3.54. The van der Waals surface area contributed by atoms with Crippen molar-refractivity contribution in [2.75, 3.05) is 18.9 Å². The van der Waals surface area contributed by atoms with E-state index < -0.39 is 34.0 Å². The van der Waals surface area contributed by atoms with Crippen LogP contribution in [0.1, 0.15) is 32.1 Å². The number of primary sulfonamides is 1. The van der Waals surface area contributed by atoms with Crippen LogP contribution in [0.5, 0.6) is 0 Å². The van der Waals surface area contributed by atoms with Gasteiger partial charge in [-0.3, -0.25) is 14.5 Å². The Hall–Kier alpha value is -2.46. The molecule has 1 aromatic carbocycles. The van der Waals surface area contributed by atoms with Crippen LogP contribution in [-0.2, 0) is 19.6 Å². The number of nitrogens with zero attached hydrogens (tertiary/aromatic N) is 2. The summed E-state index contributed by atoms with van der Waals surface area (Å²) in [6.45, 7) is -0.427. The standard InChI is InChI=1S/C17H22N4O5S/c1-20-16(24)21(15(23)17(20)8-3-2-4-9-17)11-14(22)19-12-6-5-7-13(10-12)27(18,25)26/h5-7,10H,2-4,8-9,11H2,1H3,(H,19,22)(H2,18,25,26). The lowest BCUT2D eigenvalue weighted by Crippen LogP contribution is -2.49. The Morgan fingerprint density at radius 1 is 1.22 bits per heavy atom. The van der Waals surface area contributed by atoms with Gasteiger partial charge in [0.2, 0.25) is 15.9 Å². The average molecular weight is 394 g/mol. The summed E-state index contributed by atoms with van der Waals surface area (Å²) in [6, 6.07) is 4.97. The van der Waals surface area contributed by atoms with Gasteiger partial charge >= 0.3 is 6.03 Å². The number of hydrogen-bond acceptors (Lipinski definition) is 5. The van der Waals surface area contributed by atoms with E-state index in [1.807, 2.05) is 0 Å². The van der Waals surface area contributed by atoms with Crippen molar-refractivity contribution in [1.82, 2.24) is 9.80 Å². The number of carbonyl (C=O) groups is 3. The van der Waals surface area contributed by atoms with E-state index >= 15 is 0 Å². The lowest BCUT2D eigenvalue weighted by Gasteiger charge is -2.35. The molecule has 1 saturated carbocycles. The molecule has 2 aliphatic rings. The number of likely N-dealkylation sites (N-methyl/N-ethyl adjacent to an activating group) is 1. The number of amides is 4. The van der Waals surface area contributed by atoms with E-state index in [1.54, 1.807) is 7.05 Å². The average Bonchev–Trinajstić information content (AvgIpc) is 2.78. The number of rotatable bonds is 4. The van der Waals surface area contributed by atoms with Crippen molar-refractivity contribution in [2.24, 2.45) is 5.14 Å². The number of hydrogen-bond donors (Lipinski definition) is 2. The molecule has 1 aromatic rings. The van der Waals surface area contributed by atoms with E-state index in [0.29, 0.717) is 12.8 Å².